The van der Waals surface area contributed by atoms with Crippen LogP contribution in [0.1, 0.15) is 34.1 Å². The van der Waals surface area contributed by atoms with Crippen LogP contribution in [-0.2, 0) is 9.53 Å². The highest BCUT2D eigenvalue weighted by molar-refractivity contribution is 5.78. The minimum atomic E-state index is 0.00509. The van der Waals surface area contributed by atoms with Crippen LogP contribution in [0.4, 0.5) is 0 Å². The molecule has 1 amide bonds. The van der Waals surface area contributed by atoms with Crippen molar-refractivity contribution in [3.05, 3.63) is 0 Å². The normalized spacial score (nSPS) is 24.0. The van der Waals surface area contributed by atoms with Crippen LogP contribution in [0.25, 0.3) is 0 Å². The first kappa shape index (κ1) is 18.4. The van der Waals surface area contributed by atoms with E-state index in [1.807, 2.05) is 0 Å². The predicted molar refractivity (Wildman–Crippen MR) is 86.4 cm³/mol. The van der Waals surface area contributed by atoms with E-state index >= 15 is 0 Å². The predicted octanol–water partition coefficient (Wildman–Crippen LogP) is 1.10. The SMILES string of the molecule is COCCNCC(=O)NCC(C)(C)N1CC(C)CC(C)C1. The molecule has 5 heteroatoms. The number of piperidine rings is 1. The number of ether oxygens (including phenoxy) is 1. The molecule has 2 unspecified atom stereocenters. The molecule has 2 atom stereocenters. The van der Waals surface area contributed by atoms with E-state index < -0.39 is 0 Å². The number of carbonyl (C=O) groups excluding carboxylic acids is 1. The second kappa shape index (κ2) is 8.71. The highest BCUT2D eigenvalue weighted by Gasteiger charge is 2.32. The third-order valence-corrected chi connectivity index (χ3v) is 4.21. The van der Waals surface area contributed by atoms with Gasteiger partial charge in [-0.1, -0.05) is 13.8 Å². The lowest BCUT2D eigenvalue weighted by Gasteiger charge is -2.45. The summed E-state index contributed by atoms with van der Waals surface area (Å²) in [5.74, 6) is 1.52. The number of amides is 1. The number of rotatable bonds is 8. The van der Waals surface area contributed by atoms with Gasteiger partial charge in [0.15, 0.2) is 0 Å². The number of nitrogens with zero attached hydrogens (tertiary/aromatic N) is 1. The van der Waals surface area contributed by atoms with E-state index in [2.05, 4.69) is 43.2 Å². The smallest absolute Gasteiger partial charge is 0.234 e. The molecule has 0 aromatic rings. The first-order chi connectivity index (χ1) is 9.85. The molecular formula is C16H33N3O2. The van der Waals surface area contributed by atoms with Gasteiger partial charge in [-0.3, -0.25) is 9.69 Å². The minimum absolute atomic E-state index is 0.00509. The molecule has 2 N–H and O–H groups in total. The Morgan fingerprint density at radius 3 is 2.48 bits per heavy atom. The third kappa shape index (κ3) is 6.76. The number of hydrogen-bond donors (Lipinski definition) is 2. The van der Waals surface area contributed by atoms with Crippen molar-refractivity contribution in [3.63, 3.8) is 0 Å². The molecule has 0 bridgehead atoms. The van der Waals surface area contributed by atoms with Crippen molar-refractivity contribution in [3.8, 4) is 0 Å². The van der Waals surface area contributed by atoms with E-state index in [9.17, 15) is 4.79 Å². The molecule has 0 aromatic heterocycles. The Bertz CT molecular complexity index is 311. The minimum Gasteiger partial charge on any atom is -0.383 e. The maximum Gasteiger partial charge on any atom is 0.234 e. The molecule has 0 aromatic carbocycles. The number of methoxy groups -OCH3 is 1. The summed E-state index contributed by atoms with van der Waals surface area (Å²) >= 11 is 0. The fourth-order valence-electron chi connectivity index (χ4n) is 3.02. The van der Waals surface area contributed by atoms with Gasteiger partial charge in [-0.05, 0) is 32.1 Å². The Morgan fingerprint density at radius 1 is 1.29 bits per heavy atom. The van der Waals surface area contributed by atoms with Gasteiger partial charge >= 0.3 is 0 Å². The highest BCUT2D eigenvalue weighted by Crippen LogP contribution is 2.26. The van der Waals surface area contributed by atoms with Crippen LogP contribution < -0.4 is 10.6 Å². The van der Waals surface area contributed by atoms with Gasteiger partial charge < -0.3 is 15.4 Å². The van der Waals surface area contributed by atoms with Crippen LogP contribution in [0, 0.1) is 11.8 Å². The van der Waals surface area contributed by atoms with Crippen molar-refractivity contribution >= 4 is 5.91 Å². The van der Waals surface area contributed by atoms with Crippen LogP contribution in [-0.4, -0.2) is 62.8 Å². The lowest BCUT2D eigenvalue weighted by molar-refractivity contribution is -0.121. The molecule has 1 fully saturated rings. The number of likely N-dealkylation sites (tertiary alicyclic amines) is 1. The Labute approximate surface area is 129 Å². The fraction of sp³-hybridized carbons (Fsp3) is 0.938. The van der Waals surface area contributed by atoms with Crippen LogP contribution >= 0.6 is 0 Å². The summed E-state index contributed by atoms with van der Waals surface area (Å²) in [6.45, 7) is 13.7. The molecule has 124 valence electrons. The zero-order valence-electron chi connectivity index (χ0n) is 14.4. The molecule has 1 aliphatic heterocycles. The lowest BCUT2D eigenvalue weighted by Crippen LogP contribution is -2.56. The maximum absolute atomic E-state index is 11.8. The van der Waals surface area contributed by atoms with Gasteiger partial charge in [0.05, 0.1) is 13.2 Å². The number of nitrogens with one attached hydrogen (secondary N) is 2. The van der Waals surface area contributed by atoms with Crippen LogP contribution in [0.5, 0.6) is 0 Å². The van der Waals surface area contributed by atoms with Gasteiger partial charge in [-0.2, -0.15) is 0 Å². The van der Waals surface area contributed by atoms with Crippen LogP contribution in [0.2, 0.25) is 0 Å². The molecule has 1 heterocycles. The van der Waals surface area contributed by atoms with Gasteiger partial charge in [-0.25, -0.2) is 0 Å². The summed E-state index contributed by atoms with van der Waals surface area (Å²) < 4.78 is 4.94. The highest BCUT2D eigenvalue weighted by atomic mass is 16.5. The summed E-state index contributed by atoms with van der Waals surface area (Å²) in [4.78, 5) is 14.3. The van der Waals surface area contributed by atoms with Gasteiger partial charge in [0.1, 0.15) is 0 Å². The quantitative estimate of drug-likeness (QED) is 0.659. The average molecular weight is 299 g/mol. The van der Waals surface area contributed by atoms with Gasteiger partial charge in [0.25, 0.3) is 0 Å². The Kier molecular flexibility index (Phi) is 7.63. The Balaban J connectivity index is 2.32. The van der Waals surface area contributed by atoms with E-state index in [0.29, 0.717) is 26.2 Å². The average Bonchev–Trinajstić information content (AvgIpc) is 2.40. The number of hydrogen-bond acceptors (Lipinski definition) is 4. The van der Waals surface area contributed by atoms with E-state index in [4.69, 9.17) is 4.74 Å². The second-order valence-electron chi connectivity index (χ2n) is 7.11. The second-order valence-corrected chi connectivity index (χ2v) is 7.11. The molecule has 0 spiro atoms. The lowest BCUT2D eigenvalue weighted by atomic mass is 9.88. The molecule has 1 rings (SSSR count). The molecule has 0 aliphatic carbocycles. The molecule has 1 saturated heterocycles. The molecule has 21 heavy (non-hydrogen) atoms. The van der Waals surface area contributed by atoms with Crippen molar-refractivity contribution in [1.82, 2.24) is 15.5 Å². The van der Waals surface area contributed by atoms with Crippen LogP contribution in [0.15, 0.2) is 0 Å². The summed E-state index contributed by atoms with van der Waals surface area (Å²) in [6.07, 6.45) is 1.31. The van der Waals surface area contributed by atoms with E-state index in [-0.39, 0.29) is 11.4 Å². The molecule has 1 aliphatic rings. The first-order valence-electron chi connectivity index (χ1n) is 8.06. The van der Waals surface area contributed by atoms with Gasteiger partial charge in [-0.15, -0.1) is 0 Å². The van der Waals surface area contributed by atoms with Crippen molar-refractivity contribution in [1.29, 1.82) is 0 Å². The van der Waals surface area contributed by atoms with Gasteiger partial charge in [0.2, 0.25) is 5.91 Å². The number of carbonyl (C=O) groups is 1. The van der Waals surface area contributed by atoms with Crippen molar-refractivity contribution in [2.75, 3.05) is 46.4 Å². The first-order valence-corrected chi connectivity index (χ1v) is 8.06. The fourth-order valence-corrected chi connectivity index (χ4v) is 3.02. The van der Waals surface area contributed by atoms with Crippen LogP contribution in [0.3, 0.4) is 0 Å². The zero-order chi connectivity index (χ0) is 15.9. The van der Waals surface area contributed by atoms with Crippen molar-refractivity contribution < 1.29 is 9.53 Å². The maximum atomic E-state index is 11.8. The van der Waals surface area contributed by atoms with Crippen molar-refractivity contribution in [2.24, 2.45) is 11.8 Å². The van der Waals surface area contributed by atoms with E-state index in [1.165, 1.54) is 6.42 Å². The zero-order valence-corrected chi connectivity index (χ0v) is 14.4. The topological polar surface area (TPSA) is 53.6 Å². The Hall–Kier alpha value is -0.650. The monoisotopic (exact) mass is 299 g/mol. The summed E-state index contributed by atoms with van der Waals surface area (Å²) in [5, 5.41) is 6.11. The standard InChI is InChI=1S/C16H33N3O2/c1-13-8-14(2)11-19(10-13)16(3,4)12-18-15(20)9-17-6-7-21-5/h13-14,17H,6-12H2,1-5H3,(H,18,20). The summed E-state index contributed by atoms with van der Waals surface area (Å²) in [5.41, 5.74) is 0.00509. The van der Waals surface area contributed by atoms with E-state index in [0.717, 1.165) is 24.9 Å². The van der Waals surface area contributed by atoms with Crippen molar-refractivity contribution in [2.45, 2.75) is 39.7 Å². The summed E-state index contributed by atoms with van der Waals surface area (Å²) in [6, 6.07) is 0. The molecule has 0 saturated carbocycles. The third-order valence-electron chi connectivity index (χ3n) is 4.21. The van der Waals surface area contributed by atoms with Gasteiger partial charge in [0, 0.05) is 38.8 Å². The largest absolute Gasteiger partial charge is 0.383 e. The molecule has 0 radical (unpaired) electrons. The molecular weight excluding hydrogens is 266 g/mol. The molecule has 5 nitrogen and oxygen atoms in total. The van der Waals surface area contributed by atoms with E-state index in [1.54, 1.807) is 7.11 Å². The summed E-state index contributed by atoms with van der Waals surface area (Å²) in [7, 11) is 1.66. The Morgan fingerprint density at radius 2 is 1.90 bits per heavy atom.